The largest absolute Gasteiger partial charge is 0.490 e. The first-order valence-corrected chi connectivity index (χ1v) is 15.0. The molecule has 2 atom stereocenters. The maximum absolute atomic E-state index is 13.2. The quantitative estimate of drug-likeness (QED) is 0.142. The number of nitrogens with zero attached hydrogens (tertiary/aromatic N) is 3. The Morgan fingerprint density at radius 1 is 1.02 bits per heavy atom. The van der Waals surface area contributed by atoms with E-state index < -0.39 is 0 Å². The highest BCUT2D eigenvalue weighted by molar-refractivity contribution is 6.31. The second kappa shape index (κ2) is 12.3. The average molecular weight is 621 g/mol. The first-order chi connectivity index (χ1) is 20.8. The van der Waals surface area contributed by atoms with E-state index in [-0.39, 0.29) is 25.3 Å². The van der Waals surface area contributed by atoms with Crippen molar-refractivity contribution in [3.63, 3.8) is 0 Å². The van der Waals surface area contributed by atoms with E-state index in [4.69, 9.17) is 37.4 Å². The van der Waals surface area contributed by atoms with Crippen LogP contribution in [0, 0.1) is 12.8 Å². The third-order valence-electron chi connectivity index (χ3n) is 7.92. The molecule has 43 heavy (non-hydrogen) atoms. The minimum atomic E-state index is -0.387. The molecule has 0 spiro atoms. The van der Waals surface area contributed by atoms with E-state index in [2.05, 4.69) is 11.2 Å². The summed E-state index contributed by atoms with van der Waals surface area (Å²) in [6.45, 7) is 5.33. The molecule has 0 unspecified atom stereocenters. The number of hydrogen-bond acceptors (Lipinski definition) is 6. The predicted molar refractivity (Wildman–Crippen MR) is 165 cm³/mol. The Morgan fingerprint density at radius 2 is 1.86 bits per heavy atom. The van der Waals surface area contributed by atoms with Gasteiger partial charge in [-0.05, 0) is 85.2 Å². The van der Waals surface area contributed by atoms with Crippen molar-refractivity contribution in [1.29, 1.82) is 0 Å². The van der Waals surface area contributed by atoms with Crippen LogP contribution in [0.2, 0.25) is 10.0 Å². The number of benzene rings is 3. The number of esters is 1. The average Bonchev–Trinajstić information content (AvgIpc) is 3.65. The van der Waals surface area contributed by atoms with Gasteiger partial charge in [0, 0.05) is 33.9 Å². The Bertz CT molecular complexity index is 1690. The lowest BCUT2D eigenvalue weighted by molar-refractivity contribution is 0.0526. The van der Waals surface area contributed by atoms with Crippen molar-refractivity contribution < 1.29 is 23.8 Å². The van der Waals surface area contributed by atoms with Crippen LogP contribution in [-0.2, 0) is 16.0 Å². The number of carbonyl (C=O) groups is 2. The summed E-state index contributed by atoms with van der Waals surface area (Å²) in [7, 11) is 0. The molecule has 0 N–H and O–H groups in total. The fourth-order valence-electron chi connectivity index (χ4n) is 5.64. The minimum absolute atomic E-state index is 0.122. The number of fused-ring (bicyclic) bond motifs is 3. The van der Waals surface area contributed by atoms with Crippen LogP contribution in [0.1, 0.15) is 46.3 Å². The van der Waals surface area contributed by atoms with E-state index in [0.717, 1.165) is 39.9 Å². The number of amides is 1. The lowest BCUT2D eigenvalue weighted by Gasteiger charge is -2.29. The highest BCUT2D eigenvalue weighted by atomic mass is 35.5. The van der Waals surface area contributed by atoms with Crippen LogP contribution in [0.5, 0.6) is 5.75 Å². The van der Waals surface area contributed by atoms with Crippen molar-refractivity contribution in [3.05, 3.63) is 99.3 Å². The monoisotopic (exact) mass is 619 g/mol. The molecule has 222 valence electrons. The van der Waals surface area contributed by atoms with Crippen LogP contribution in [0.3, 0.4) is 0 Å². The Hall–Kier alpha value is -4.01. The van der Waals surface area contributed by atoms with Crippen LogP contribution in [0.25, 0.3) is 11.1 Å². The van der Waals surface area contributed by atoms with E-state index in [1.807, 2.05) is 49.6 Å². The first-order valence-electron chi connectivity index (χ1n) is 14.3. The molecule has 2 heterocycles. The van der Waals surface area contributed by atoms with Gasteiger partial charge in [-0.1, -0.05) is 41.4 Å². The molecule has 3 aromatic carbocycles. The standard InChI is InChI=1S/C33H31Cl2N3O5/c1-3-41-32(39)21-10-11-28(35)23(14-21)17-37-18-24(16-36-37)25-6-4-8-29-31(25)26-15-22(26)19-38(29)33(40)43-13-12-42-30-9-5-7-27(34)20(30)2/h4-11,14,16,18,22,26H,3,12-13,15,17,19H2,1-2H3/t22-,26-/m0/s1. The Kier molecular flexibility index (Phi) is 8.32. The third-order valence-corrected chi connectivity index (χ3v) is 8.70. The van der Waals surface area contributed by atoms with Crippen molar-refractivity contribution >= 4 is 41.0 Å². The SMILES string of the molecule is CCOC(=O)c1ccc(Cl)c(Cn2cc(-c3cccc4c3[C@H]3C[C@H]3CN4C(=O)OCCOc3cccc(Cl)c3C)cn2)c1. The zero-order valence-corrected chi connectivity index (χ0v) is 25.4. The van der Waals surface area contributed by atoms with Crippen molar-refractivity contribution in [3.8, 4) is 16.9 Å². The van der Waals surface area contributed by atoms with Crippen LogP contribution >= 0.6 is 23.2 Å². The van der Waals surface area contributed by atoms with E-state index in [1.54, 1.807) is 34.7 Å². The molecule has 8 nitrogen and oxygen atoms in total. The molecular weight excluding hydrogens is 589 g/mol. The van der Waals surface area contributed by atoms with E-state index in [1.165, 1.54) is 0 Å². The van der Waals surface area contributed by atoms with Gasteiger partial charge >= 0.3 is 12.1 Å². The van der Waals surface area contributed by atoms with Crippen molar-refractivity contribution in [2.24, 2.45) is 5.92 Å². The molecule has 1 amide bonds. The normalized spacial score (nSPS) is 16.7. The predicted octanol–water partition coefficient (Wildman–Crippen LogP) is 7.53. The molecule has 2 aliphatic rings. The number of carbonyl (C=O) groups excluding carboxylic acids is 2. The topological polar surface area (TPSA) is 82.9 Å². The van der Waals surface area contributed by atoms with E-state index in [0.29, 0.717) is 52.9 Å². The van der Waals surface area contributed by atoms with Gasteiger partial charge in [-0.3, -0.25) is 9.58 Å². The van der Waals surface area contributed by atoms with Crippen LogP contribution in [0.4, 0.5) is 10.5 Å². The second-order valence-electron chi connectivity index (χ2n) is 10.7. The molecule has 1 saturated carbocycles. The van der Waals surface area contributed by atoms with E-state index >= 15 is 0 Å². The fourth-order valence-corrected chi connectivity index (χ4v) is 5.99. The number of rotatable bonds is 9. The van der Waals surface area contributed by atoms with Gasteiger partial charge in [-0.2, -0.15) is 5.10 Å². The molecule has 6 rings (SSSR count). The van der Waals surface area contributed by atoms with Gasteiger partial charge in [0.05, 0.1) is 30.6 Å². The summed E-state index contributed by atoms with van der Waals surface area (Å²) in [5.74, 6) is 1.07. The summed E-state index contributed by atoms with van der Waals surface area (Å²) in [4.78, 5) is 27.2. The summed E-state index contributed by atoms with van der Waals surface area (Å²) in [6, 6.07) is 16.6. The molecule has 4 aromatic rings. The Balaban J connectivity index is 1.16. The van der Waals surface area contributed by atoms with Crippen LogP contribution in [0.15, 0.2) is 67.0 Å². The number of anilines is 1. The minimum Gasteiger partial charge on any atom is -0.490 e. The van der Waals surface area contributed by atoms with Gasteiger partial charge in [0.25, 0.3) is 0 Å². The second-order valence-corrected chi connectivity index (χ2v) is 11.5. The molecule has 0 radical (unpaired) electrons. The molecule has 1 aromatic heterocycles. The van der Waals surface area contributed by atoms with Crippen LogP contribution in [-0.4, -0.2) is 48.2 Å². The molecule has 1 aliphatic heterocycles. The van der Waals surface area contributed by atoms with Crippen molar-refractivity contribution in [1.82, 2.24) is 9.78 Å². The molecule has 0 bridgehead atoms. The molecular formula is C33H31Cl2N3O5. The van der Waals surface area contributed by atoms with Crippen molar-refractivity contribution in [2.45, 2.75) is 32.7 Å². The molecule has 10 heteroatoms. The highest BCUT2D eigenvalue weighted by Crippen LogP contribution is 2.57. The maximum Gasteiger partial charge on any atom is 0.414 e. The first kappa shape index (κ1) is 29.1. The number of halogens is 2. The summed E-state index contributed by atoms with van der Waals surface area (Å²) in [5.41, 5.74) is 6.06. The number of hydrogen-bond donors (Lipinski definition) is 0. The summed E-state index contributed by atoms with van der Waals surface area (Å²) >= 11 is 12.6. The third kappa shape index (κ3) is 6.08. The number of ether oxygens (including phenoxy) is 3. The lowest BCUT2D eigenvalue weighted by Crippen LogP contribution is -2.37. The summed E-state index contributed by atoms with van der Waals surface area (Å²) < 4.78 is 18.4. The summed E-state index contributed by atoms with van der Waals surface area (Å²) in [5, 5.41) is 5.76. The van der Waals surface area contributed by atoms with Crippen molar-refractivity contribution in [2.75, 3.05) is 31.3 Å². The molecule has 0 saturated heterocycles. The van der Waals surface area contributed by atoms with Gasteiger partial charge in [0.1, 0.15) is 19.0 Å². The Labute approximate surface area is 260 Å². The zero-order chi connectivity index (χ0) is 30.1. The van der Waals surface area contributed by atoms with Gasteiger partial charge in [0.2, 0.25) is 0 Å². The molecule has 1 fully saturated rings. The zero-order valence-electron chi connectivity index (χ0n) is 23.9. The van der Waals surface area contributed by atoms with Gasteiger partial charge < -0.3 is 14.2 Å². The highest BCUT2D eigenvalue weighted by Gasteiger charge is 2.48. The summed E-state index contributed by atoms with van der Waals surface area (Å²) in [6.07, 6.45) is 4.42. The maximum atomic E-state index is 13.2. The van der Waals surface area contributed by atoms with Gasteiger partial charge in [0.15, 0.2) is 0 Å². The van der Waals surface area contributed by atoms with Gasteiger partial charge in [-0.15, -0.1) is 0 Å². The lowest BCUT2D eigenvalue weighted by atomic mass is 9.93. The fraction of sp³-hybridized carbons (Fsp3) is 0.303. The van der Waals surface area contributed by atoms with Crippen LogP contribution < -0.4 is 9.64 Å². The van der Waals surface area contributed by atoms with E-state index in [9.17, 15) is 9.59 Å². The number of aromatic nitrogens is 2. The Morgan fingerprint density at radius 3 is 2.70 bits per heavy atom. The van der Waals surface area contributed by atoms with Gasteiger partial charge in [-0.25, -0.2) is 9.59 Å². The molecule has 1 aliphatic carbocycles. The smallest absolute Gasteiger partial charge is 0.414 e.